The second-order valence-electron chi connectivity index (χ2n) is 5.09. The smallest absolute Gasteiger partial charge is 0.225 e. The van der Waals surface area contributed by atoms with Gasteiger partial charge >= 0.3 is 0 Å². The average molecular weight is 235 g/mol. The summed E-state index contributed by atoms with van der Waals surface area (Å²) in [6, 6.07) is 2.17. The summed E-state index contributed by atoms with van der Waals surface area (Å²) in [5.74, 6) is 0.646. The molecule has 0 spiro atoms. The lowest BCUT2D eigenvalue weighted by Gasteiger charge is -2.36. The van der Waals surface area contributed by atoms with E-state index in [1.165, 1.54) is 19.3 Å². The summed E-state index contributed by atoms with van der Waals surface area (Å²) in [5.41, 5.74) is 0. The minimum absolute atomic E-state index is 0.284. The van der Waals surface area contributed by atoms with Gasteiger partial charge in [-0.3, -0.25) is 9.69 Å². The number of carbonyl (C=O) groups excluding carboxylic acids is 1. The summed E-state index contributed by atoms with van der Waals surface area (Å²) in [7, 11) is 0. The normalized spacial score (nSPS) is 23.4. The Bertz CT molecular complexity index is 296. The summed E-state index contributed by atoms with van der Waals surface area (Å²) < 4.78 is 0. The molecule has 1 heterocycles. The number of hydrogen-bond donors (Lipinski definition) is 0. The van der Waals surface area contributed by atoms with Gasteiger partial charge in [0.05, 0.1) is 12.6 Å². The molecule has 0 radical (unpaired) electrons. The third kappa shape index (κ3) is 3.19. The fourth-order valence-corrected chi connectivity index (χ4v) is 2.83. The summed E-state index contributed by atoms with van der Waals surface area (Å²) in [6.07, 6.45) is 5.88. The Balaban J connectivity index is 1.79. The van der Waals surface area contributed by atoms with E-state index in [4.69, 9.17) is 5.26 Å². The van der Waals surface area contributed by atoms with Gasteiger partial charge in [-0.1, -0.05) is 19.3 Å². The van der Waals surface area contributed by atoms with Gasteiger partial charge < -0.3 is 4.90 Å². The molecule has 2 fully saturated rings. The Labute approximate surface area is 103 Å². The minimum Gasteiger partial charge on any atom is -0.340 e. The van der Waals surface area contributed by atoms with Crippen molar-refractivity contribution in [3.63, 3.8) is 0 Å². The van der Waals surface area contributed by atoms with Crippen molar-refractivity contribution in [3.05, 3.63) is 0 Å². The zero-order valence-corrected chi connectivity index (χ0v) is 10.4. The topological polar surface area (TPSA) is 47.3 Å². The SMILES string of the molecule is N#CCN1CCN(C(=O)C2CCCCC2)CC1. The predicted octanol–water partition coefficient (Wildman–Crippen LogP) is 1.23. The van der Waals surface area contributed by atoms with Crippen LogP contribution >= 0.6 is 0 Å². The first kappa shape index (κ1) is 12.4. The molecule has 1 aliphatic heterocycles. The van der Waals surface area contributed by atoms with E-state index in [0.717, 1.165) is 39.0 Å². The van der Waals surface area contributed by atoms with Crippen LogP contribution in [0.5, 0.6) is 0 Å². The van der Waals surface area contributed by atoms with Gasteiger partial charge in [0.15, 0.2) is 0 Å². The molecule has 1 aliphatic carbocycles. The lowest BCUT2D eigenvalue weighted by Crippen LogP contribution is -2.50. The van der Waals surface area contributed by atoms with Crippen molar-refractivity contribution in [2.75, 3.05) is 32.7 Å². The molecule has 0 aromatic rings. The first-order valence-electron chi connectivity index (χ1n) is 6.69. The quantitative estimate of drug-likeness (QED) is 0.676. The highest BCUT2D eigenvalue weighted by molar-refractivity contribution is 5.79. The van der Waals surface area contributed by atoms with Crippen molar-refractivity contribution in [1.82, 2.24) is 9.80 Å². The van der Waals surface area contributed by atoms with Gasteiger partial charge in [0.2, 0.25) is 5.91 Å². The van der Waals surface area contributed by atoms with Gasteiger partial charge in [-0.05, 0) is 12.8 Å². The molecule has 4 heteroatoms. The largest absolute Gasteiger partial charge is 0.340 e. The summed E-state index contributed by atoms with van der Waals surface area (Å²) in [5, 5.41) is 8.63. The molecule has 2 rings (SSSR count). The third-order valence-corrected chi connectivity index (χ3v) is 3.93. The molecule has 1 saturated carbocycles. The Morgan fingerprint density at radius 3 is 2.35 bits per heavy atom. The maximum Gasteiger partial charge on any atom is 0.225 e. The first-order chi connectivity index (χ1) is 8.31. The molecule has 0 atom stereocenters. The molecule has 0 unspecified atom stereocenters. The molecule has 1 saturated heterocycles. The molecule has 2 aliphatic rings. The highest BCUT2D eigenvalue weighted by Crippen LogP contribution is 2.25. The number of rotatable bonds is 2. The summed E-state index contributed by atoms with van der Waals surface area (Å²) in [6.45, 7) is 3.80. The van der Waals surface area contributed by atoms with E-state index in [-0.39, 0.29) is 5.92 Å². The Hall–Kier alpha value is -1.08. The standard InChI is InChI=1S/C13H21N3O/c14-6-7-15-8-10-16(11-9-15)13(17)12-4-2-1-3-5-12/h12H,1-5,7-11H2. The van der Waals surface area contributed by atoms with Crippen LogP contribution in [0.3, 0.4) is 0 Å². The lowest BCUT2D eigenvalue weighted by molar-refractivity contribution is -0.138. The van der Waals surface area contributed by atoms with Gasteiger partial charge in [-0.15, -0.1) is 0 Å². The number of piperazine rings is 1. The van der Waals surface area contributed by atoms with Crippen LogP contribution in [0.1, 0.15) is 32.1 Å². The van der Waals surface area contributed by atoms with Crippen LogP contribution in [-0.4, -0.2) is 48.4 Å². The monoisotopic (exact) mass is 235 g/mol. The maximum absolute atomic E-state index is 12.3. The lowest BCUT2D eigenvalue weighted by atomic mass is 9.88. The first-order valence-corrected chi connectivity index (χ1v) is 6.69. The molecule has 4 nitrogen and oxygen atoms in total. The van der Waals surface area contributed by atoms with E-state index in [1.54, 1.807) is 0 Å². The molecular formula is C13H21N3O. The second-order valence-corrected chi connectivity index (χ2v) is 5.09. The zero-order chi connectivity index (χ0) is 12.1. The molecule has 0 aromatic carbocycles. The van der Waals surface area contributed by atoms with Crippen LogP contribution < -0.4 is 0 Å². The molecule has 0 bridgehead atoms. The highest BCUT2D eigenvalue weighted by Gasteiger charge is 2.28. The molecule has 17 heavy (non-hydrogen) atoms. The fourth-order valence-electron chi connectivity index (χ4n) is 2.83. The van der Waals surface area contributed by atoms with Gasteiger partial charge in [0, 0.05) is 32.1 Å². The molecule has 94 valence electrons. The van der Waals surface area contributed by atoms with Gasteiger partial charge in [0.25, 0.3) is 0 Å². The van der Waals surface area contributed by atoms with Crippen LogP contribution in [0.15, 0.2) is 0 Å². The van der Waals surface area contributed by atoms with E-state index in [9.17, 15) is 4.79 Å². The number of nitriles is 1. The Morgan fingerprint density at radius 1 is 1.12 bits per heavy atom. The van der Waals surface area contributed by atoms with E-state index in [0.29, 0.717) is 12.5 Å². The van der Waals surface area contributed by atoms with Gasteiger partial charge in [-0.2, -0.15) is 5.26 Å². The van der Waals surface area contributed by atoms with Crippen molar-refractivity contribution in [1.29, 1.82) is 5.26 Å². The van der Waals surface area contributed by atoms with Crippen molar-refractivity contribution in [2.24, 2.45) is 5.92 Å². The highest BCUT2D eigenvalue weighted by atomic mass is 16.2. The average Bonchev–Trinajstić information content (AvgIpc) is 2.40. The summed E-state index contributed by atoms with van der Waals surface area (Å²) in [4.78, 5) is 16.4. The van der Waals surface area contributed by atoms with E-state index in [1.807, 2.05) is 4.90 Å². The van der Waals surface area contributed by atoms with E-state index >= 15 is 0 Å². The minimum atomic E-state index is 0.284. The van der Waals surface area contributed by atoms with E-state index in [2.05, 4.69) is 11.0 Å². The predicted molar refractivity (Wildman–Crippen MR) is 65.2 cm³/mol. The fraction of sp³-hybridized carbons (Fsp3) is 0.846. The number of hydrogen-bond acceptors (Lipinski definition) is 3. The van der Waals surface area contributed by atoms with Crippen LogP contribution in [-0.2, 0) is 4.79 Å². The Morgan fingerprint density at radius 2 is 1.76 bits per heavy atom. The molecular weight excluding hydrogens is 214 g/mol. The van der Waals surface area contributed by atoms with Crippen LogP contribution in [0.25, 0.3) is 0 Å². The van der Waals surface area contributed by atoms with Crippen molar-refractivity contribution >= 4 is 5.91 Å². The third-order valence-electron chi connectivity index (χ3n) is 3.93. The van der Waals surface area contributed by atoms with Crippen molar-refractivity contribution < 1.29 is 4.79 Å². The molecule has 0 N–H and O–H groups in total. The maximum atomic E-state index is 12.3. The van der Waals surface area contributed by atoms with Gasteiger partial charge in [-0.25, -0.2) is 0 Å². The van der Waals surface area contributed by atoms with Crippen molar-refractivity contribution in [2.45, 2.75) is 32.1 Å². The summed E-state index contributed by atoms with van der Waals surface area (Å²) >= 11 is 0. The van der Waals surface area contributed by atoms with Crippen LogP contribution in [0.2, 0.25) is 0 Å². The number of carbonyl (C=O) groups is 1. The van der Waals surface area contributed by atoms with Crippen molar-refractivity contribution in [3.8, 4) is 6.07 Å². The number of nitrogens with zero attached hydrogens (tertiary/aromatic N) is 3. The number of amides is 1. The van der Waals surface area contributed by atoms with Crippen LogP contribution in [0, 0.1) is 17.2 Å². The Kier molecular flexibility index (Phi) is 4.38. The van der Waals surface area contributed by atoms with E-state index < -0.39 is 0 Å². The molecule has 0 aromatic heterocycles. The zero-order valence-electron chi connectivity index (χ0n) is 10.4. The second kappa shape index (κ2) is 6.02. The van der Waals surface area contributed by atoms with Crippen LogP contribution in [0.4, 0.5) is 0 Å². The molecule has 1 amide bonds. The van der Waals surface area contributed by atoms with Gasteiger partial charge in [0.1, 0.15) is 0 Å².